The molecular formula is C15H16ClN5O4S. The lowest BCUT2D eigenvalue weighted by molar-refractivity contribution is 0.0601. The summed E-state index contributed by atoms with van der Waals surface area (Å²) in [4.78, 5) is 15.9. The Labute approximate surface area is 155 Å². The number of hydrogen-bond acceptors (Lipinski definition) is 9. The molecule has 2 aromatic rings. The van der Waals surface area contributed by atoms with Gasteiger partial charge in [-0.1, -0.05) is 11.6 Å². The molecule has 1 aliphatic rings. The van der Waals surface area contributed by atoms with Crippen molar-refractivity contribution in [1.82, 2.24) is 15.2 Å². The van der Waals surface area contributed by atoms with E-state index in [1.165, 1.54) is 19.4 Å². The third kappa shape index (κ3) is 4.38. The number of esters is 1. The maximum absolute atomic E-state index is 11.6. The number of methoxy groups -OCH3 is 1. The molecule has 138 valence electrons. The van der Waals surface area contributed by atoms with E-state index >= 15 is 0 Å². The molecule has 1 atom stereocenters. The van der Waals surface area contributed by atoms with Crippen LogP contribution in [0.2, 0.25) is 5.02 Å². The van der Waals surface area contributed by atoms with Crippen molar-refractivity contribution in [1.29, 1.82) is 0 Å². The van der Waals surface area contributed by atoms with Gasteiger partial charge >= 0.3 is 5.97 Å². The Morgan fingerprint density at radius 1 is 1.38 bits per heavy atom. The standard InChI is InChI=1S/C15H16ClN5O4S/c1-25-14(22)9-2-3-11(16)12(6-9)19-13-7-17-21-15(20-13)18-10-4-5-26(23,24)8-10/h2-3,6-7,10H,4-5,8H2,1H3,(H2,18,19,20,21). The average Bonchev–Trinajstić information content (AvgIpc) is 2.95. The van der Waals surface area contributed by atoms with Gasteiger partial charge in [-0.15, -0.1) is 5.10 Å². The number of aromatic nitrogens is 3. The van der Waals surface area contributed by atoms with E-state index in [1.807, 2.05) is 0 Å². The van der Waals surface area contributed by atoms with Crippen LogP contribution in [0, 0.1) is 0 Å². The molecule has 0 amide bonds. The Balaban J connectivity index is 1.76. The molecule has 3 rings (SSSR count). The van der Waals surface area contributed by atoms with E-state index in [0.717, 1.165) is 0 Å². The van der Waals surface area contributed by atoms with E-state index in [-0.39, 0.29) is 23.5 Å². The van der Waals surface area contributed by atoms with Crippen LogP contribution in [0.3, 0.4) is 0 Å². The molecule has 1 aliphatic heterocycles. The van der Waals surface area contributed by atoms with Crippen molar-refractivity contribution in [3.05, 3.63) is 35.0 Å². The van der Waals surface area contributed by atoms with Crippen LogP contribution >= 0.6 is 11.6 Å². The first kappa shape index (κ1) is 18.3. The summed E-state index contributed by atoms with van der Waals surface area (Å²) in [5.41, 5.74) is 0.778. The third-order valence-electron chi connectivity index (χ3n) is 3.77. The van der Waals surface area contributed by atoms with E-state index in [4.69, 9.17) is 11.6 Å². The fraction of sp³-hybridized carbons (Fsp3) is 0.333. The predicted molar refractivity (Wildman–Crippen MR) is 96.6 cm³/mol. The molecule has 1 fully saturated rings. The van der Waals surface area contributed by atoms with Gasteiger partial charge in [-0.2, -0.15) is 10.1 Å². The van der Waals surface area contributed by atoms with Crippen LogP contribution in [0.5, 0.6) is 0 Å². The normalized spacial score (nSPS) is 18.3. The van der Waals surface area contributed by atoms with Crippen molar-refractivity contribution in [3.63, 3.8) is 0 Å². The Morgan fingerprint density at radius 2 is 2.19 bits per heavy atom. The fourth-order valence-corrected chi connectivity index (χ4v) is 4.36. The lowest BCUT2D eigenvalue weighted by Gasteiger charge is -2.12. The summed E-state index contributed by atoms with van der Waals surface area (Å²) in [6.07, 6.45) is 1.88. The summed E-state index contributed by atoms with van der Waals surface area (Å²) >= 11 is 6.14. The van der Waals surface area contributed by atoms with Gasteiger partial charge in [0.25, 0.3) is 0 Å². The zero-order valence-electron chi connectivity index (χ0n) is 13.8. The van der Waals surface area contributed by atoms with E-state index in [9.17, 15) is 13.2 Å². The summed E-state index contributed by atoms with van der Waals surface area (Å²) in [5.74, 6) is 0.243. The summed E-state index contributed by atoms with van der Waals surface area (Å²) < 4.78 is 27.7. The second-order valence-electron chi connectivity index (χ2n) is 5.72. The van der Waals surface area contributed by atoms with E-state index in [2.05, 4.69) is 30.6 Å². The largest absolute Gasteiger partial charge is 0.465 e. The molecule has 9 nitrogen and oxygen atoms in total. The SMILES string of the molecule is COC(=O)c1ccc(Cl)c(Nc2cnnc(NC3CCS(=O)(=O)C3)n2)c1. The molecule has 0 aliphatic carbocycles. The number of benzene rings is 1. The van der Waals surface area contributed by atoms with Crippen LogP contribution in [-0.2, 0) is 14.6 Å². The molecule has 0 bridgehead atoms. The number of ether oxygens (including phenoxy) is 1. The third-order valence-corrected chi connectivity index (χ3v) is 5.87. The Hall–Kier alpha value is -2.46. The Kier molecular flexibility index (Phi) is 5.23. The van der Waals surface area contributed by atoms with Gasteiger partial charge in [0.2, 0.25) is 5.95 Å². The summed E-state index contributed by atoms with van der Waals surface area (Å²) in [6.45, 7) is 0. The molecule has 2 heterocycles. The predicted octanol–water partition coefficient (Wildman–Crippen LogP) is 1.65. The first-order chi connectivity index (χ1) is 12.4. The topological polar surface area (TPSA) is 123 Å². The van der Waals surface area contributed by atoms with Crippen molar-refractivity contribution < 1.29 is 17.9 Å². The van der Waals surface area contributed by atoms with Crippen molar-refractivity contribution in [2.45, 2.75) is 12.5 Å². The van der Waals surface area contributed by atoms with E-state index < -0.39 is 15.8 Å². The summed E-state index contributed by atoms with van der Waals surface area (Å²) in [7, 11) is -1.72. The van der Waals surface area contributed by atoms with Gasteiger partial charge in [0, 0.05) is 6.04 Å². The molecule has 0 saturated carbocycles. The van der Waals surface area contributed by atoms with E-state index in [0.29, 0.717) is 28.5 Å². The highest BCUT2D eigenvalue weighted by atomic mass is 35.5. The molecule has 1 aromatic carbocycles. The van der Waals surface area contributed by atoms with Gasteiger partial charge in [-0.3, -0.25) is 0 Å². The number of sulfone groups is 1. The van der Waals surface area contributed by atoms with Crippen LogP contribution in [0.25, 0.3) is 0 Å². The minimum atomic E-state index is -3.01. The Bertz CT molecular complexity index is 937. The first-order valence-electron chi connectivity index (χ1n) is 7.68. The second-order valence-corrected chi connectivity index (χ2v) is 8.36. The number of nitrogens with zero attached hydrogens (tertiary/aromatic N) is 3. The molecule has 1 saturated heterocycles. The first-order valence-corrected chi connectivity index (χ1v) is 9.88. The van der Waals surface area contributed by atoms with E-state index in [1.54, 1.807) is 12.1 Å². The van der Waals surface area contributed by atoms with Gasteiger partial charge in [0.15, 0.2) is 15.7 Å². The van der Waals surface area contributed by atoms with Gasteiger partial charge in [0.1, 0.15) is 0 Å². The van der Waals surface area contributed by atoms with Gasteiger partial charge in [-0.25, -0.2) is 13.2 Å². The van der Waals surface area contributed by atoms with Crippen molar-refractivity contribution >= 4 is 44.9 Å². The van der Waals surface area contributed by atoms with Crippen molar-refractivity contribution in [3.8, 4) is 0 Å². The number of halogens is 1. The maximum Gasteiger partial charge on any atom is 0.337 e. The average molecular weight is 398 g/mol. The minimum Gasteiger partial charge on any atom is -0.465 e. The minimum absolute atomic E-state index is 0.0427. The van der Waals surface area contributed by atoms with Gasteiger partial charge in [-0.05, 0) is 24.6 Å². The lowest BCUT2D eigenvalue weighted by Crippen LogP contribution is -2.22. The number of anilines is 3. The van der Waals surface area contributed by atoms with Crippen LogP contribution in [-0.4, -0.2) is 54.2 Å². The molecule has 11 heteroatoms. The van der Waals surface area contributed by atoms with Gasteiger partial charge < -0.3 is 15.4 Å². The highest BCUT2D eigenvalue weighted by Gasteiger charge is 2.28. The summed E-state index contributed by atoms with van der Waals surface area (Å²) in [5, 5.41) is 14.0. The van der Waals surface area contributed by atoms with Crippen LogP contribution in [0.1, 0.15) is 16.8 Å². The number of carbonyl (C=O) groups is 1. The number of carbonyl (C=O) groups excluding carboxylic acids is 1. The highest BCUT2D eigenvalue weighted by Crippen LogP contribution is 2.26. The zero-order chi connectivity index (χ0) is 18.7. The van der Waals surface area contributed by atoms with Crippen molar-refractivity contribution in [2.24, 2.45) is 0 Å². The fourth-order valence-electron chi connectivity index (χ4n) is 2.52. The number of hydrogen-bond donors (Lipinski definition) is 2. The zero-order valence-corrected chi connectivity index (χ0v) is 15.3. The molecule has 26 heavy (non-hydrogen) atoms. The summed E-state index contributed by atoms with van der Waals surface area (Å²) in [6, 6.07) is 4.40. The van der Waals surface area contributed by atoms with Gasteiger partial charge in [0.05, 0.1) is 41.1 Å². The number of nitrogens with one attached hydrogen (secondary N) is 2. The second kappa shape index (κ2) is 7.42. The Morgan fingerprint density at radius 3 is 2.88 bits per heavy atom. The smallest absolute Gasteiger partial charge is 0.337 e. The monoisotopic (exact) mass is 397 g/mol. The highest BCUT2D eigenvalue weighted by molar-refractivity contribution is 7.91. The van der Waals surface area contributed by atoms with Crippen LogP contribution in [0.4, 0.5) is 17.5 Å². The molecule has 1 unspecified atom stereocenters. The molecule has 0 radical (unpaired) electrons. The van der Waals surface area contributed by atoms with Crippen LogP contribution < -0.4 is 10.6 Å². The quantitative estimate of drug-likeness (QED) is 0.724. The lowest BCUT2D eigenvalue weighted by atomic mass is 10.2. The molecule has 1 aromatic heterocycles. The maximum atomic E-state index is 11.6. The number of rotatable bonds is 5. The van der Waals surface area contributed by atoms with Crippen molar-refractivity contribution in [2.75, 3.05) is 29.2 Å². The van der Waals surface area contributed by atoms with Crippen LogP contribution in [0.15, 0.2) is 24.4 Å². The molecular weight excluding hydrogens is 382 g/mol. The molecule has 0 spiro atoms. The molecule has 2 N–H and O–H groups in total.